The van der Waals surface area contributed by atoms with Gasteiger partial charge in [-0.15, -0.1) is 0 Å². The lowest BCUT2D eigenvalue weighted by Crippen LogP contribution is -2.42. The first kappa shape index (κ1) is 15.3. The third-order valence-electron chi connectivity index (χ3n) is 3.38. The molecule has 1 aromatic rings. The van der Waals surface area contributed by atoms with Crippen molar-refractivity contribution in [1.82, 2.24) is 4.31 Å². The van der Waals surface area contributed by atoms with Crippen molar-refractivity contribution in [1.29, 1.82) is 0 Å². The minimum absolute atomic E-state index is 0.293. The van der Waals surface area contributed by atoms with Crippen LogP contribution in [-0.2, 0) is 14.8 Å². The van der Waals surface area contributed by atoms with Gasteiger partial charge in [-0.05, 0) is 43.5 Å². The first-order valence-corrected chi connectivity index (χ1v) is 8.55. The fourth-order valence-electron chi connectivity index (χ4n) is 2.38. The van der Waals surface area contributed by atoms with Crippen molar-refractivity contribution in [3.8, 4) is 0 Å². The van der Waals surface area contributed by atoms with E-state index in [1.165, 1.54) is 4.31 Å². The summed E-state index contributed by atoms with van der Waals surface area (Å²) in [5.41, 5.74) is 1.49. The van der Waals surface area contributed by atoms with Gasteiger partial charge in [-0.1, -0.05) is 11.6 Å². The number of hydrogen-bond donors (Lipinski definition) is 1. The first-order valence-electron chi connectivity index (χ1n) is 6.33. The lowest BCUT2D eigenvalue weighted by atomic mass is 10.1. The molecule has 1 atom stereocenters. The van der Waals surface area contributed by atoms with Crippen LogP contribution in [0.1, 0.15) is 18.4 Å². The van der Waals surface area contributed by atoms with Crippen LogP contribution in [0, 0.1) is 6.92 Å². The Kier molecular flexibility index (Phi) is 4.36. The van der Waals surface area contributed by atoms with Crippen molar-refractivity contribution < 1.29 is 13.2 Å². The number of rotatable bonds is 3. The molecule has 1 aliphatic rings. The predicted octanol–water partition coefficient (Wildman–Crippen LogP) is 2.01. The van der Waals surface area contributed by atoms with Crippen molar-refractivity contribution in [2.45, 2.75) is 25.8 Å². The van der Waals surface area contributed by atoms with E-state index in [-0.39, 0.29) is 5.91 Å². The van der Waals surface area contributed by atoms with Crippen molar-refractivity contribution in [3.63, 3.8) is 0 Å². The summed E-state index contributed by atoms with van der Waals surface area (Å²) < 4.78 is 24.5. The number of carbonyl (C=O) groups is 1. The molecule has 7 heteroatoms. The van der Waals surface area contributed by atoms with Crippen LogP contribution in [0.4, 0.5) is 5.69 Å². The second-order valence-corrected chi connectivity index (χ2v) is 7.35. The molecule has 1 aliphatic heterocycles. The van der Waals surface area contributed by atoms with Gasteiger partial charge >= 0.3 is 0 Å². The van der Waals surface area contributed by atoms with Gasteiger partial charge in [-0.3, -0.25) is 4.79 Å². The Hall–Kier alpha value is -1.11. The highest BCUT2D eigenvalue weighted by atomic mass is 35.5. The Bertz CT molecular complexity index is 631. The average Bonchev–Trinajstić information content (AvgIpc) is 2.81. The minimum atomic E-state index is -3.35. The number of amides is 1. The Morgan fingerprint density at radius 3 is 2.75 bits per heavy atom. The molecule has 110 valence electrons. The van der Waals surface area contributed by atoms with Crippen molar-refractivity contribution in [2.24, 2.45) is 0 Å². The van der Waals surface area contributed by atoms with Crippen LogP contribution in [0.15, 0.2) is 18.2 Å². The van der Waals surface area contributed by atoms with Gasteiger partial charge in [0.05, 0.1) is 6.26 Å². The zero-order valence-electron chi connectivity index (χ0n) is 11.4. The third kappa shape index (κ3) is 3.31. The molecule has 0 saturated carbocycles. The average molecular weight is 317 g/mol. The highest BCUT2D eigenvalue weighted by Gasteiger charge is 2.36. The Morgan fingerprint density at radius 1 is 1.45 bits per heavy atom. The summed E-state index contributed by atoms with van der Waals surface area (Å²) in [7, 11) is -3.35. The van der Waals surface area contributed by atoms with E-state index in [1.807, 2.05) is 6.92 Å². The SMILES string of the molecule is Cc1cc(Cl)ccc1NC(=O)[C@@H]1CCCN1S(C)(=O)=O. The van der Waals surface area contributed by atoms with E-state index in [0.717, 1.165) is 11.8 Å². The lowest BCUT2D eigenvalue weighted by Gasteiger charge is -2.21. The number of nitrogens with zero attached hydrogens (tertiary/aromatic N) is 1. The molecule has 1 saturated heterocycles. The maximum Gasteiger partial charge on any atom is 0.242 e. The van der Waals surface area contributed by atoms with E-state index in [4.69, 9.17) is 11.6 Å². The Balaban J connectivity index is 2.16. The van der Waals surface area contributed by atoms with E-state index < -0.39 is 16.1 Å². The topological polar surface area (TPSA) is 66.5 Å². The summed E-state index contributed by atoms with van der Waals surface area (Å²) in [6.07, 6.45) is 2.38. The number of nitrogens with one attached hydrogen (secondary N) is 1. The van der Waals surface area contributed by atoms with Gasteiger partial charge in [0.1, 0.15) is 6.04 Å². The Morgan fingerprint density at radius 2 is 2.15 bits per heavy atom. The largest absolute Gasteiger partial charge is 0.324 e. The quantitative estimate of drug-likeness (QED) is 0.927. The second-order valence-electron chi connectivity index (χ2n) is 4.98. The normalized spacial score (nSPS) is 20.1. The number of hydrogen-bond acceptors (Lipinski definition) is 3. The molecule has 1 amide bonds. The molecular weight excluding hydrogens is 300 g/mol. The fraction of sp³-hybridized carbons (Fsp3) is 0.462. The summed E-state index contributed by atoms with van der Waals surface area (Å²) in [4.78, 5) is 12.3. The van der Waals surface area contributed by atoms with E-state index in [2.05, 4.69) is 5.32 Å². The highest BCUT2D eigenvalue weighted by Crippen LogP contribution is 2.24. The summed E-state index contributed by atoms with van der Waals surface area (Å²) >= 11 is 5.86. The zero-order chi connectivity index (χ0) is 14.9. The molecule has 5 nitrogen and oxygen atoms in total. The van der Waals surface area contributed by atoms with Crippen LogP contribution in [0.5, 0.6) is 0 Å². The smallest absolute Gasteiger partial charge is 0.242 e. The third-order valence-corrected chi connectivity index (χ3v) is 4.90. The van der Waals surface area contributed by atoms with Crippen LogP contribution >= 0.6 is 11.6 Å². The fourth-order valence-corrected chi connectivity index (χ4v) is 3.73. The molecule has 20 heavy (non-hydrogen) atoms. The maximum absolute atomic E-state index is 12.3. The highest BCUT2D eigenvalue weighted by molar-refractivity contribution is 7.88. The van der Waals surface area contributed by atoms with Crippen LogP contribution in [0.2, 0.25) is 5.02 Å². The van der Waals surface area contributed by atoms with Crippen LogP contribution in [0.25, 0.3) is 0 Å². The van der Waals surface area contributed by atoms with E-state index >= 15 is 0 Å². The van der Waals surface area contributed by atoms with Crippen molar-refractivity contribution >= 4 is 33.2 Å². The molecule has 0 bridgehead atoms. The summed E-state index contributed by atoms with van der Waals surface area (Å²) in [5.74, 6) is -0.293. The zero-order valence-corrected chi connectivity index (χ0v) is 13.0. The number of carbonyl (C=O) groups excluding carboxylic acids is 1. The molecule has 0 aromatic heterocycles. The van der Waals surface area contributed by atoms with E-state index in [9.17, 15) is 13.2 Å². The molecule has 2 rings (SSSR count). The second kappa shape index (κ2) is 5.71. The van der Waals surface area contributed by atoms with Crippen molar-refractivity contribution in [3.05, 3.63) is 28.8 Å². The van der Waals surface area contributed by atoms with E-state index in [1.54, 1.807) is 18.2 Å². The molecule has 0 spiro atoms. The van der Waals surface area contributed by atoms with Gasteiger partial charge in [0.25, 0.3) is 0 Å². The van der Waals surface area contributed by atoms with Gasteiger partial charge in [-0.25, -0.2) is 8.42 Å². The lowest BCUT2D eigenvalue weighted by molar-refractivity contribution is -0.119. The summed E-state index contributed by atoms with van der Waals surface area (Å²) in [5, 5.41) is 3.37. The molecular formula is C13H17ClN2O3S. The standard InChI is InChI=1S/C13H17ClN2O3S/c1-9-8-10(14)5-6-11(9)15-13(17)12-4-3-7-16(12)20(2,18)19/h5-6,8,12H,3-4,7H2,1-2H3,(H,15,17)/t12-/m0/s1. The number of aryl methyl sites for hydroxylation is 1. The summed E-state index contributed by atoms with van der Waals surface area (Å²) in [6, 6.07) is 4.53. The number of sulfonamides is 1. The molecule has 1 heterocycles. The molecule has 1 fully saturated rings. The monoisotopic (exact) mass is 316 g/mol. The van der Waals surface area contributed by atoms with Gasteiger partial charge in [0, 0.05) is 17.3 Å². The van der Waals surface area contributed by atoms with Crippen LogP contribution < -0.4 is 5.32 Å². The number of anilines is 1. The van der Waals surface area contributed by atoms with Gasteiger partial charge in [0.15, 0.2) is 0 Å². The van der Waals surface area contributed by atoms with Gasteiger partial charge in [0.2, 0.25) is 15.9 Å². The number of benzene rings is 1. The number of halogens is 1. The molecule has 0 unspecified atom stereocenters. The summed E-state index contributed by atoms with van der Waals surface area (Å²) in [6.45, 7) is 2.24. The maximum atomic E-state index is 12.3. The van der Waals surface area contributed by atoms with Crippen LogP contribution in [-0.4, -0.2) is 37.5 Å². The molecule has 0 radical (unpaired) electrons. The van der Waals surface area contributed by atoms with Crippen LogP contribution in [0.3, 0.4) is 0 Å². The Labute approximate surface area is 124 Å². The molecule has 1 N–H and O–H groups in total. The van der Waals surface area contributed by atoms with E-state index in [0.29, 0.717) is 30.1 Å². The first-order chi connectivity index (χ1) is 9.29. The van der Waals surface area contributed by atoms with Gasteiger partial charge in [-0.2, -0.15) is 4.31 Å². The molecule has 0 aliphatic carbocycles. The van der Waals surface area contributed by atoms with Gasteiger partial charge < -0.3 is 5.32 Å². The predicted molar refractivity (Wildman–Crippen MR) is 79.4 cm³/mol. The molecule has 1 aromatic carbocycles. The minimum Gasteiger partial charge on any atom is -0.324 e. The van der Waals surface area contributed by atoms with Crippen molar-refractivity contribution in [2.75, 3.05) is 18.1 Å².